The normalized spacial score (nSPS) is 18.0. The molecule has 1 unspecified atom stereocenters. The first-order valence-corrected chi connectivity index (χ1v) is 13.8. The van der Waals surface area contributed by atoms with Gasteiger partial charge in [0.2, 0.25) is 0 Å². The van der Waals surface area contributed by atoms with E-state index in [2.05, 4.69) is 20.2 Å². The minimum absolute atomic E-state index is 0.0818. The molecular formula is C30H35FN6O3. The third-order valence-electron chi connectivity index (χ3n) is 7.59. The van der Waals surface area contributed by atoms with Gasteiger partial charge in [-0.1, -0.05) is 0 Å². The van der Waals surface area contributed by atoms with Gasteiger partial charge in [0.15, 0.2) is 11.5 Å². The van der Waals surface area contributed by atoms with Gasteiger partial charge in [-0.15, -0.1) is 0 Å². The summed E-state index contributed by atoms with van der Waals surface area (Å²) in [4.78, 5) is 38.1. The molecule has 1 aliphatic heterocycles. The highest BCUT2D eigenvalue weighted by atomic mass is 19.1. The molecule has 1 aliphatic carbocycles. The second-order valence-corrected chi connectivity index (χ2v) is 12.0. The molecule has 10 heteroatoms. The van der Waals surface area contributed by atoms with Crippen molar-refractivity contribution in [1.82, 2.24) is 19.3 Å². The van der Waals surface area contributed by atoms with Crippen LogP contribution in [-0.2, 0) is 4.74 Å². The van der Waals surface area contributed by atoms with Crippen molar-refractivity contribution in [2.24, 2.45) is 5.92 Å². The lowest BCUT2D eigenvalue weighted by atomic mass is 10.0. The second-order valence-electron chi connectivity index (χ2n) is 12.0. The standard InChI is InChI=1S/C30H35FN6O3/c1-17-12-22-24(35-10-11-37(25(16-35)19-6-7-19)29(39)40-30(3,4)5)9-8-21(26(22)32-17)28(38)34-20-13-23(31)27-33-18(2)14-36(27)15-20/h8-9,12-15,19,25,32H,6-7,10-11,16H2,1-5H3,(H,34,38). The van der Waals surface area contributed by atoms with Crippen molar-refractivity contribution in [1.29, 1.82) is 0 Å². The topological polar surface area (TPSA) is 95.0 Å². The number of carbonyl (C=O) groups is 2. The molecule has 0 radical (unpaired) electrons. The van der Waals surface area contributed by atoms with E-state index in [9.17, 15) is 14.0 Å². The van der Waals surface area contributed by atoms with Gasteiger partial charge in [0.05, 0.1) is 28.5 Å². The number of amides is 2. The average Bonchev–Trinajstić information content (AvgIpc) is 3.54. The van der Waals surface area contributed by atoms with Crippen molar-refractivity contribution in [3.05, 3.63) is 59.4 Å². The molecule has 1 atom stereocenters. The van der Waals surface area contributed by atoms with E-state index in [4.69, 9.17) is 4.74 Å². The number of piperazine rings is 1. The summed E-state index contributed by atoms with van der Waals surface area (Å²) < 4.78 is 21.9. The maximum Gasteiger partial charge on any atom is 0.410 e. The van der Waals surface area contributed by atoms with Gasteiger partial charge in [-0.25, -0.2) is 14.2 Å². The number of aromatic amines is 1. The first kappa shape index (κ1) is 26.2. The molecule has 2 aliphatic rings. The van der Waals surface area contributed by atoms with E-state index in [1.165, 1.54) is 6.07 Å². The van der Waals surface area contributed by atoms with E-state index in [-0.39, 0.29) is 23.7 Å². The van der Waals surface area contributed by atoms with Crippen LogP contribution in [0.25, 0.3) is 16.6 Å². The summed E-state index contributed by atoms with van der Waals surface area (Å²) in [7, 11) is 0. The van der Waals surface area contributed by atoms with Crippen LogP contribution in [-0.4, -0.2) is 62.5 Å². The first-order valence-electron chi connectivity index (χ1n) is 13.8. The Hall–Kier alpha value is -4.08. The molecule has 3 aromatic heterocycles. The van der Waals surface area contributed by atoms with Crippen molar-refractivity contribution in [2.75, 3.05) is 29.9 Å². The molecule has 6 rings (SSSR count). The number of halogens is 1. The molecule has 4 heterocycles. The summed E-state index contributed by atoms with van der Waals surface area (Å²) in [6.45, 7) is 11.4. The summed E-state index contributed by atoms with van der Waals surface area (Å²) in [5.41, 5.74) is 3.87. The van der Waals surface area contributed by atoms with Gasteiger partial charge >= 0.3 is 6.09 Å². The van der Waals surface area contributed by atoms with Crippen molar-refractivity contribution in [3.8, 4) is 0 Å². The lowest BCUT2D eigenvalue weighted by molar-refractivity contribution is 0.0116. The van der Waals surface area contributed by atoms with Crippen LogP contribution in [0.3, 0.4) is 0 Å². The maximum absolute atomic E-state index is 14.6. The zero-order valence-corrected chi connectivity index (χ0v) is 23.5. The fraction of sp³-hybridized carbons (Fsp3) is 0.433. The van der Waals surface area contributed by atoms with Crippen LogP contribution >= 0.6 is 0 Å². The van der Waals surface area contributed by atoms with Gasteiger partial charge in [-0.2, -0.15) is 0 Å². The number of H-pyrrole nitrogens is 1. The number of aryl methyl sites for hydroxylation is 2. The fourth-order valence-electron chi connectivity index (χ4n) is 5.71. The summed E-state index contributed by atoms with van der Waals surface area (Å²) >= 11 is 0. The van der Waals surface area contributed by atoms with E-state index in [1.54, 1.807) is 23.7 Å². The molecule has 40 heavy (non-hydrogen) atoms. The van der Waals surface area contributed by atoms with Gasteiger partial charge < -0.3 is 29.2 Å². The van der Waals surface area contributed by atoms with Crippen LogP contribution in [0.1, 0.15) is 55.4 Å². The SMILES string of the molecule is Cc1cn2cc(NC(=O)c3ccc(N4CCN(C(=O)OC(C)(C)C)C(C5CC5)C4)c4cc(C)[nH]c34)cc(F)c2n1. The van der Waals surface area contributed by atoms with Gasteiger partial charge in [-0.05, 0) is 71.6 Å². The van der Waals surface area contributed by atoms with Crippen molar-refractivity contribution >= 4 is 39.9 Å². The largest absolute Gasteiger partial charge is 0.444 e. The zero-order chi connectivity index (χ0) is 28.3. The van der Waals surface area contributed by atoms with Crippen molar-refractivity contribution in [2.45, 2.75) is 59.1 Å². The fourth-order valence-corrected chi connectivity index (χ4v) is 5.71. The van der Waals surface area contributed by atoms with Crippen LogP contribution in [0, 0.1) is 25.6 Å². The van der Waals surface area contributed by atoms with Crippen LogP contribution in [0.15, 0.2) is 36.7 Å². The number of hydrogen-bond acceptors (Lipinski definition) is 5. The molecule has 4 aromatic rings. The molecular weight excluding hydrogens is 511 g/mol. The highest BCUT2D eigenvalue weighted by molar-refractivity contribution is 6.14. The quantitative estimate of drug-likeness (QED) is 0.345. The molecule has 1 saturated carbocycles. The number of benzene rings is 1. The monoisotopic (exact) mass is 546 g/mol. The molecule has 0 bridgehead atoms. The van der Waals surface area contributed by atoms with Crippen molar-refractivity contribution < 1.29 is 18.7 Å². The minimum Gasteiger partial charge on any atom is -0.444 e. The number of anilines is 2. The number of ether oxygens (including phenoxy) is 1. The number of hydrogen-bond donors (Lipinski definition) is 2. The van der Waals surface area contributed by atoms with E-state index >= 15 is 0 Å². The smallest absolute Gasteiger partial charge is 0.410 e. The molecule has 1 saturated heterocycles. The zero-order valence-electron chi connectivity index (χ0n) is 23.5. The van der Waals surface area contributed by atoms with Gasteiger partial charge in [0, 0.05) is 54.9 Å². The number of nitrogens with one attached hydrogen (secondary N) is 2. The Bertz CT molecular complexity index is 1630. The highest BCUT2D eigenvalue weighted by Gasteiger charge is 2.42. The number of nitrogens with zero attached hydrogens (tertiary/aromatic N) is 4. The number of carbonyl (C=O) groups excluding carboxylic acids is 2. The number of rotatable bonds is 4. The predicted molar refractivity (Wildman–Crippen MR) is 153 cm³/mol. The van der Waals surface area contributed by atoms with Crippen LogP contribution < -0.4 is 10.2 Å². The van der Waals surface area contributed by atoms with Crippen LogP contribution in [0.5, 0.6) is 0 Å². The Morgan fingerprint density at radius 2 is 1.90 bits per heavy atom. The summed E-state index contributed by atoms with van der Waals surface area (Å²) in [5, 5.41) is 3.79. The Morgan fingerprint density at radius 3 is 2.62 bits per heavy atom. The lowest BCUT2D eigenvalue weighted by Crippen LogP contribution is -2.57. The van der Waals surface area contributed by atoms with Gasteiger partial charge in [0.25, 0.3) is 5.91 Å². The molecule has 2 N–H and O–H groups in total. The predicted octanol–water partition coefficient (Wildman–Crippen LogP) is 5.66. The molecule has 9 nitrogen and oxygen atoms in total. The van der Waals surface area contributed by atoms with Crippen molar-refractivity contribution in [3.63, 3.8) is 0 Å². The van der Waals surface area contributed by atoms with Gasteiger partial charge in [-0.3, -0.25) is 4.79 Å². The Kier molecular flexibility index (Phi) is 6.23. The summed E-state index contributed by atoms with van der Waals surface area (Å²) in [6.07, 6.45) is 5.34. The molecule has 0 spiro atoms. The van der Waals surface area contributed by atoms with Crippen LogP contribution in [0.4, 0.5) is 20.6 Å². The first-order chi connectivity index (χ1) is 19.0. The lowest BCUT2D eigenvalue weighted by Gasteiger charge is -2.43. The Morgan fingerprint density at radius 1 is 1.12 bits per heavy atom. The van der Waals surface area contributed by atoms with E-state index in [0.717, 1.165) is 35.1 Å². The summed E-state index contributed by atoms with van der Waals surface area (Å²) in [6, 6.07) is 7.20. The number of aromatic nitrogens is 3. The van der Waals surface area contributed by atoms with Crippen LogP contribution in [0.2, 0.25) is 0 Å². The molecule has 2 amide bonds. The minimum atomic E-state index is -0.539. The summed E-state index contributed by atoms with van der Waals surface area (Å²) in [5.74, 6) is -0.363. The highest BCUT2D eigenvalue weighted by Crippen LogP contribution is 2.40. The van der Waals surface area contributed by atoms with Gasteiger partial charge in [0.1, 0.15) is 5.60 Å². The molecule has 2 fully saturated rings. The maximum atomic E-state index is 14.6. The molecule has 210 valence electrons. The Labute approximate surface area is 232 Å². The Balaban J connectivity index is 1.27. The number of imidazole rings is 1. The van der Waals surface area contributed by atoms with E-state index in [0.29, 0.717) is 42.5 Å². The number of pyridine rings is 1. The third kappa shape index (κ3) is 4.98. The van der Waals surface area contributed by atoms with E-state index in [1.807, 2.05) is 50.8 Å². The molecule has 1 aromatic carbocycles. The third-order valence-corrected chi connectivity index (χ3v) is 7.59. The second kappa shape index (κ2) is 9.53. The number of fused-ring (bicyclic) bond motifs is 2. The average molecular weight is 547 g/mol. The van der Waals surface area contributed by atoms with E-state index < -0.39 is 11.4 Å².